The van der Waals surface area contributed by atoms with E-state index in [1.165, 1.54) is 17.3 Å². The Bertz CT molecular complexity index is 587. The number of pyridine rings is 1. The third kappa shape index (κ3) is 4.35. The summed E-state index contributed by atoms with van der Waals surface area (Å²) in [5.41, 5.74) is 3.32. The zero-order valence-corrected chi connectivity index (χ0v) is 13.5. The van der Waals surface area contributed by atoms with Gasteiger partial charge in [0.15, 0.2) is 0 Å². The number of hydrogen-bond donors (Lipinski definition) is 1. The van der Waals surface area contributed by atoms with Crippen LogP contribution in [0.4, 0.5) is 0 Å². The number of oxazole rings is 1. The van der Waals surface area contributed by atoms with Crippen LogP contribution < -0.4 is 5.32 Å². The van der Waals surface area contributed by atoms with Gasteiger partial charge in [0.05, 0.1) is 5.69 Å². The zero-order valence-electron chi connectivity index (χ0n) is 12.7. The summed E-state index contributed by atoms with van der Waals surface area (Å²) < 4.78 is 5.35. The maximum Gasteiger partial charge on any atom is 0.262 e. The van der Waals surface area contributed by atoms with Gasteiger partial charge in [-0.25, -0.2) is 9.97 Å². The maximum absolute atomic E-state index is 5.35. The predicted octanol–water partition coefficient (Wildman–Crippen LogP) is 3.73. The SMILES string of the molecule is Cc1coc(Sc2ncc(CNC(C)(C)C)cc2C)n1. The summed E-state index contributed by atoms with van der Waals surface area (Å²) >= 11 is 1.46. The lowest BCUT2D eigenvalue weighted by atomic mass is 10.1. The van der Waals surface area contributed by atoms with Gasteiger partial charge in [0.1, 0.15) is 11.3 Å². The fourth-order valence-electron chi connectivity index (χ4n) is 1.65. The molecule has 2 aromatic rings. The van der Waals surface area contributed by atoms with Crippen molar-refractivity contribution in [3.63, 3.8) is 0 Å². The van der Waals surface area contributed by atoms with Crippen LogP contribution in [0.2, 0.25) is 0 Å². The predicted molar refractivity (Wildman–Crippen MR) is 80.9 cm³/mol. The molecular formula is C15H21N3OS. The largest absolute Gasteiger partial charge is 0.439 e. The molecule has 0 aromatic carbocycles. The van der Waals surface area contributed by atoms with E-state index in [1.807, 2.05) is 13.1 Å². The quantitative estimate of drug-likeness (QED) is 0.930. The first kappa shape index (κ1) is 15.1. The van der Waals surface area contributed by atoms with E-state index in [9.17, 15) is 0 Å². The molecule has 4 nitrogen and oxygen atoms in total. The molecule has 0 aliphatic heterocycles. The normalized spacial score (nSPS) is 11.8. The minimum atomic E-state index is 0.108. The zero-order chi connectivity index (χ0) is 14.8. The Labute approximate surface area is 124 Å². The van der Waals surface area contributed by atoms with Gasteiger partial charge in [-0.3, -0.25) is 0 Å². The number of nitrogens with zero attached hydrogens (tertiary/aromatic N) is 2. The lowest BCUT2D eigenvalue weighted by molar-refractivity contribution is 0.424. The highest BCUT2D eigenvalue weighted by Crippen LogP contribution is 2.28. The van der Waals surface area contributed by atoms with Crippen molar-refractivity contribution in [2.24, 2.45) is 0 Å². The van der Waals surface area contributed by atoms with Crippen LogP contribution in [0, 0.1) is 13.8 Å². The summed E-state index contributed by atoms with van der Waals surface area (Å²) in [5.74, 6) is 0. The van der Waals surface area contributed by atoms with E-state index in [1.54, 1.807) is 6.26 Å². The minimum Gasteiger partial charge on any atom is -0.439 e. The Morgan fingerprint density at radius 3 is 2.60 bits per heavy atom. The van der Waals surface area contributed by atoms with Crippen molar-refractivity contribution >= 4 is 11.8 Å². The van der Waals surface area contributed by atoms with Gasteiger partial charge < -0.3 is 9.73 Å². The summed E-state index contributed by atoms with van der Waals surface area (Å²) in [6, 6.07) is 2.16. The molecule has 0 spiro atoms. The molecule has 5 heteroatoms. The van der Waals surface area contributed by atoms with Gasteiger partial charge in [0, 0.05) is 18.3 Å². The topological polar surface area (TPSA) is 51.0 Å². The van der Waals surface area contributed by atoms with Crippen molar-refractivity contribution < 1.29 is 4.42 Å². The van der Waals surface area contributed by atoms with Crippen LogP contribution in [-0.4, -0.2) is 15.5 Å². The Kier molecular flexibility index (Phi) is 4.50. The molecule has 2 rings (SSSR count). The van der Waals surface area contributed by atoms with Crippen molar-refractivity contribution in [3.05, 3.63) is 35.3 Å². The molecule has 0 aliphatic rings. The molecule has 0 atom stereocenters. The number of nitrogens with one attached hydrogen (secondary N) is 1. The molecule has 1 N–H and O–H groups in total. The third-order valence-corrected chi connectivity index (χ3v) is 3.67. The Morgan fingerprint density at radius 2 is 2.05 bits per heavy atom. The highest BCUT2D eigenvalue weighted by molar-refractivity contribution is 7.99. The van der Waals surface area contributed by atoms with E-state index in [2.05, 4.69) is 49.0 Å². The van der Waals surface area contributed by atoms with Crippen LogP contribution >= 0.6 is 11.8 Å². The smallest absolute Gasteiger partial charge is 0.262 e. The van der Waals surface area contributed by atoms with Crippen LogP contribution in [0.3, 0.4) is 0 Å². The number of rotatable bonds is 4. The van der Waals surface area contributed by atoms with Crippen LogP contribution in [0.5, 0.6) is 0 Å². The van der Waals surface area contributed by atoms with Gasteiger partial charge >= 0.3 is 0 Å². The third-order valence-electron chi connectivity index (χ3n) is 2.69. The Morgan fingerprint density at radius 1 is 1.30 bits per heavy atom. The molecule has 0 fully saturated rings. The second-order valence-electron chi connectivity index (χ2n) is 5.93. The van der Waals surface area contributed by atoms with Crippen LogP contribution in [0.15, 0.2) is 33.2 Å². The molecular weight excluding hydrogens is 270 g/mol. The van der Waals surface area contributed by atoms with Gasteiger partial charge in [-0.15, -0.1) is 0 Å². The Balaban J connectivity index is 2.06. The molecule has 2 aromatic heterocycles. The standard InChI is InChI=1S/C15H21N3OS/c1-10-6-12(8-17-15(3,4)5)7-16-13(10)20-14-18-11(2)9-19-14/h6-7,9,17H,8H2,1-5H3. The van der Waals surface area contributed by atoms with E-state index in [-0.39, 0.29) is 5.54 Å². The molecule has 0 aliphatic carbocycles. The van der Waals surface area contributed by atoms with Crippen molar-refractivity contribution in [2.75, 3.05) is 0 Å². The van der Waals surface area contributed by atoms with Crippen molar-refractivity contribution in [1.29, 1.82) is 0 Å². The molecule has 2 heterocycles. The molecule has 0 saturated heterocycles. The average molecular weight is 291 g/mol. The van der Waals surface area contributed by atoms with Crippen molar-refractivity contribution in [3.8, 4) is 0 Å². The van der Waals surface area contributed by atoms with Gasteiger partial charge in [-0.1, -0.05) is 6.07 Å². The monoisotopic (exact) mass is 291 g/mol. The van der Waals surface area contributed by atoms with Crippen LogP contribution in [-0.2, 0) is 6.54 Å². The molecule has 108 valence electrons. The summed E-state index contributed by atoms with van der Waals surface area (Å²) in [4.78, 5) is 8.79. The molecule has 0 bridgehead atoms. The fraction of sp³-hybridized carbons (Fsp3) is 0.467. The second kappa shape index (κ2) is 5.97. The lowest BCUT2D eigenvalue weighted by Crippen LogP contribution is -2.35. The summed E-state index contributed by atoms with van der Waals surface area (Å²) in [5, 5.41) is 5.03. The van der Waals surface area contributed by atoms with Crippen LogP contribution in [0.25, 0.3) is 0 Å². The molecule has 20 heavy (non-hydrogen) atoms. The highest BCUT2D eigenvalue weighted by atomic mass is 32.2. The van der Waals surface area contributed by atoms with E-state index in [4.69, 9.17) is 4.42 Å². The van der Waals surface area contributed by atoms with Gasteiger partial charge in [0.25, 0.3) is 5.22 Å². The number of aryl methyl sites for hydroxylation is 2. The van der Waals surface area contributed by atoms with Gasteiger partial charge in [-0.2, -0.15) is 0 Å². The average Bonchev–Trinajstić information content (AvgIpc) is 2.74. The maximum atomic E-state index is 5.35. The second-order valence-corrected chi connectivity index (χ2v) is 6.87. The summed E-state index contributed by atoms with van der Waals surface area (Å²) in [6.07, 6.45) is 3.56. The first-order valence-electron chi connectivity index (χ1n) is 6.64. The summed E-state index contributed by atoms with van der Waals surface area (Å²) in [6.45, 7) is 11.3. The van der Waals surface area contributed by atoms with Gasteiger partial charge in [-0.05, 0) is 57.5 Å². The molecule has 0 amide bonds. The number of aromatic nitrogens is 2. The molecule has 0 unspecified atom stereocenters. The Hall–Kier alpha value is -1.33. The first-order valence-corrected chi connectivity index (χ1v) is 7.46. The van der Waals surface area contributed by atoms with Gasteiger partial charge in [0.2, 0.25) is 0 Å². The minimum absolute atomic E-state index is 0.108. The van der Waals surface area contributed by atoms with Crippen molar-refractivity contribution in [1.82, 2.24) is 15.3 Å². The van der Waals surface area contributed by atoms with Crippen LogP contribution in [0.1, 0.15) is 37.6 Å². The van der Waals surface area contributed by atoms with E-state index in [0.717, 1.165) is 22.8 Å². The van der Waals surface area contributed by atoms with E-state index >= 15 is 0 Å². The fourth-order valence-corrected chi connectivity index (χ4v) is 2.43. The molecule has 0 saturated carbocycles. The summed E-state index contributed by atoms with van der Waals surface area (Å²) in [7, 11) is 0. The van der Waals surface area contributed by atoms with E-state index in [0.29, 0.717) is 5.22 Å². The lowest BCUT2D eigenvalue weighted by Gasteiger charge is -2.20. The number of hydrogen-bond acceptors (Lipinski definition) is 5. The first-order chi connectivity index (χ1) is 9.33. The van der Waals surface area contributed by atoms with Crippen molar-refractivity contribution in [2.45, 2.75) is 57.0 Å². The van der Waals surface area contributed by atoms with E-state index < -0.39 is 0 Å². The highest BCUT2D eigenvalue weighted by Gasteiger charge is 2.11. The molecule has 0 radical (unpaired) electrons.